The molecule has 0 rings (SSSR count). The molecule has 0 radical (unpaired) electrons. The van der Waals surface area contributed by atoms with Crippen molar-refractivity contribution in [2.24, 2.45) is 5.41 Å². The van der Waals surface area contributed by atoms with Gasteiger partial charge in [0, 0.05) is 0 Å². The van der Waals surface area contributed by atoms with Crippen LogP contribution < -0.4 is 0 Å². The first kappa shape index (κ1) is 16.7. The molecule has 0 saturated heterocycles. The van der Waals surface area contributed by atoms with E-state index in [1.165, 1.54) is 11.8 Å². The van der Waals surface area contributed by atoms with Crippen molar-refractivity contribution in [1.29, 1.82) is 0 Å². The van der Waals surface area contributed by atoms with Crippen molar-refractivity contribution < 1.29 is 14.3 Å². The summed E-state index contributed by atoms with van der Waals surface area (Å²) in [4.78, 5) is 11.4. The van der Waals surface area contributed by atoms with Gasteiger partial charge >= 0.3 is 5.97 Å². The minimum absolute atomic E-state index is 0.0660. The van der Waals surface area contributed by atoms with Gasteiger partial charge in [-0.3, -0.25) is 4.79 Å². The molecule has 0 saturated carbocycles. The van der Waals surface area contributed by atoms with E-state index in [-0.39, 0.29) is 17.1 Å². The summed E-state index contributed by atoms with van der Waals surface area (Å²) in [5.74, 6) is -0.0792. The van der Waals surface area contributed by atoms with Crippen LogP contribution in [-0.2, 0) is 14.3 Å². The van der Waals surface area contributed by atoms with Gasteiger partial charge in [-0.25, -0.2) is 0 Å². The van der Waals surface area contributed by atoms with Crippen molar-refractivity contribution >= 4 is 34.3 Å². The van der Waals surface area contributed by atoms with E-state index in [0.29, 0.717) is 11.0 Å². The molecule has 3 nitrogen and oxygen atoms in total. The van der Waals surface area contributed by atoms with E-state index in [1.807, 2.05) is 20.8 Å². The van der Waals surface area contributed by atoms with Crippen molar-refractivity contribution in [3.63, 3.8) is 0 Å². The first-order chi connectivity index (χ1) is 7.49. The fraction of sp³-hybridized carbons (Fsp3) is 0.833. The van der Waals surface area contributed by atoms with Gasteiger partial charge in [0.25, 0.3) is 0 Å². The third-order valence-corrected chi connectivity index (χ3v) is 2.56. The Kier molecular flexibility index (Phi) is 6.48. The normalized spacial score (nSPS) is 12.1. The lowest BCUT2D eigenvalue weighted by Gasteiger charge is -2.20. The maximum Gasteiger partial charge on any atom is 0.316 e. The Morgan fingerprint density at radius 2 is 1.71 bits per heavy atom. The van der Waals surface area contributed by atoms with Gasteiger partial charge < -0.3 is 9.47 Å². The fourth-order valence-electron chi connectivity index (χ4n) is 0.806. The lowest BCUT2D eigenvalue weighted by molar-refractivity contribution is -0.151. The molecular weight excluding hydrogens is 256 g/mol. The number of hydrogen-bond donors (Lipinski definition) is 0. The van der Waals surface area contributed by atoms with Crippen LogP contribution in [0.15, 0.2) is 0 Å². The Labute approximate surface area is 114 Å². The summed E-state index contributed by atoms with van der Waals surface area (Å²) in [7, 11) is 0. The molecule has 0 atom stereocenters. The molecule has 0 spiro atoms. The summed E-state index contributed by atoms with van der Waals surface area (Å²) in [6.45, 7) is 12.3. The monoisotopic (exact) mass is 278 g/mol. The molecular formula is C12H22O3S2. The van der Waals surface area contributed by atoms with E-state index < -0.39 is 5.60 Å². The quantitative estimate of drug-likeness (QED) is 0.584. The molecule has 17 heavy (non-hydrogen) atoms. The number of carbonyl (C=O) groups is 1. The number of carbonyl (C=O) groups excluding carboxylic acids is 1. The summed E-state index contributed by atoms with van der Waals surface area (Å²) in [5, 5.41) is 0. The second kappa shape index (κ2) is 6.59. The van der Waals surface area contributed by atoms with E-state index in [0.717, 1.165) is 0 Å². The van der Waals surface area contributed by atoms with Crippen molar-refractivity contribution in [2.45, 2.75) is 47.1 Å². The maximum atomic E-state index is 11.4. The minimum atomic E-state index is -0.453. The van der Waals surface area contributed by atoms with Gasteiger partial charge in [0.1, 0.15) is 5.60 Å². The topological polar surface area (TPSA) is 35.5 Å². The number of thiocarbonyl (C=S) groups is 1. The van der Waals surface area contributed by atoms with Gasteiger partial charge in [0.05, 0.1) is 12.4 Å². The van der Waals surface area contributed by atoms with Crippen molar-refractivity contribution in [3.05, 3.63) is 0 Å². The predicted molar refractivity (Wildman–Crippen MR) is 76.3 cm³/mol. The zero-order valence-electron chi connectivity index (χ0n) is 11.5. The average molecular weight is 278 g/mol. The molecule has 0 aliphatic heterocycles. The summed E-state index contributed by atoms with van der Waals surface area (Å²) in [6.07, 6.45) is 0. The van der Waals surface area contributed by atoms with Crippen LogP contribution in [0.4, 0.5) is 0 Å². The van der Waals surface area contributed by atoms with Crippen LogP contribution in [0.25, 0.3) is 0 Å². The van der Waals surface area contributed by atoms with Gasteiger partial charge in [-0.15, -0.1) is 0 Å². The third kappa shape index (κ3) is 12.0. The molecule has 0 aromatic heterocycles. The van der Waals surface area contributed by atoms with Crippen LogP contribution in [0, 0.1) is 5.41 Å². The van der Waals surface area contributed by atoms with Gasteiger partial charge in [-0.05, 0) is 38.4 Å². The molecule has 0 aliphatic rings. The number of hydrogen-bond acceptors (Lipinski definition) is 5. The molecule has 0 unspecified atom stereocenters. The highest BCUT2D eigenvalue weighted by Gasteiger charge is 2.17. The molecule has 5 heteroatoms. The summed E-state index contributed by atoms with van der Waals surface area (Å²) >= 11 is 6.22. The van der Waals surface area contributed by atoms with E-state index in [1.54, 1.807) is 0 Å². The zero-order chi connectivity index (χ0) is 13.7. The zero-order valence-corrected chi connectivity index (χ0v) is 13.1. The van der Waals surface area contributed by atoms with Gasteiger partial charge in [0.2, 0.25) is 4.38 Å². The van der Waals surface area contributed by atoms with Crippen molar-refractivity contribution in [3.8, 4) is 0 Å². The minimum Gasteiger partial charge on any atom is -0.478 e. The highest BCUT2D eigenvalue weighted by molar-refractivity contribution is 8.23. The lowest BCUT2D eigenvalue weighted by Crippen LogP contribution is -2.25. The van der Waals surface area contributed by atoms with E-state index in [4.69, 9.17) is 21.7 Å². The lowest BCUT2D eigenvalue weighted by atomic mass is 9.99. The van der Waals surface area contributed by atoms with Crippen LogP contribution in [-0.4, -0.2) is 28.3 Å². The highest BCUT2D eigenvalue weighted by atomic mass is 32.2. The predicted octanol–water partition coefficient (Wildman–Crippen LogP) is 3.41. The molecule has 0 aliphatic carbocycles. The molecule has 0 heterocycles. The highest BCUT2D eigenvalue weighted by Crippen LogP contribution is 2.17. The standard InChI is InChI=1S/C12H22O3S2/c1-11(2,3)8-14-10(16)17-7-9(13)15-12(4,5)6/h7-8H2,1-6H3. The van der Waals surface area contributed by atoms with E-state index in [2.05, 4.69) is 20.8 Å². The second-order valence-electron chi connectivity index (χ2n) is 5.97. The Hall–Kier alpha value is -0.290. The van der Waals surface area contributed by atoms with Gasteiger partial charge in [-0.2, -0.15) is 0 Å². The Balaban J connectivity index is 3.82. The molecule has 0 aromatic carbocycles. The second-order valence-corrected chi connectivity index (χ2v) is 7.55. The Morgan fingerprint density at radius 1 is 1.18 bits per heavy atom. The van der Waals surface area contributed by atoms with Crippen molar-refractivity contribution in [1.82, 2.24) is 0 Å². The van der Waals surface area contributed by atoms with E-state index in [9.17, 15) is 4.79 Å². The molecule has 100 valence electrons. The Morgan fingerprint density at radius 3 is 2.12 bits per heavy atom. The number of esters is 1. The first-order valence-corrected chi connectivity index (χ1v) is 6.90. The summed E-state index contributed by atoms with van der Waals surface area (Å²) in [5.41, 5.74) is -0.387. The van der Waals surface area contributed by atoms with E-state index >= 15 is 0 Å². The fourth-order valence-corrected chi connectivity index (χ4v) is 1.48. The number of ether oxygens (including phenoxy) is 2. The summed E-state index contributed by atoms with van der Waals surface area (Å²) in [6, 6.07) is 0. The maximum absolute atomic E-state index is 11.4. The summed E-state index contributed by atoms with van der Waals surface area (Å²) < 4.78 is 10.9. The van der Waals surface area contributed by atoms with Crippen LogP contribution in [0.3, 0.4) is 0 Å². The SMILES string of the molecule is CC(C)(C)COC(=S)SCC(=O)OC(C)(C)C. The van der Waals surface area contributed by atoms with Crippen LogP contribution in [0.1, 0.15) is 41.5 Å². The van der Waals surface area contributed by atoms with Gasteiger partial charge in [0.15, 0.2) is 0 Å². The smallest absolute Gasteiger partial charge is 0.316 e. The molecule has 0 N–H and O–H groups in total. The van der Waals surface area contributed by atoms with Crippen LogP contribution in [0.5, 0.6) is 0 Å². The molecule has 0 fully saturated rings. The average Bonchev–Trinajstić information content (AvgIpc) is 2.07. The third-order valence-electron chi connectivity index (χ3n) is 1.35. The molecule has 0 amide bonds. The van der Waals surface area contributed by atoms with Crippen LogP contribution in [0.2, 0.25) is 0 Å². The molecule has 0 bridgehead atoms. The first-order valence-electron chi connectivity index (χ1n) is 5.51. The van der Waals surface area contributed by atoms with Crippen molar-refractivity contribution in [2.75, 3.05) is 12.4 Å². The van der Waals surface area contributed by atoms with Gasteiger partial charge in [-0.1, -0.05) is 32.5 Å². The number of rotatable bonds is 3. The van der Waals surface area contributed by atoms with Crippen LogP contribution >= 0.6 is 24.0 Å². The Bertz CT molecular complexity index is 274. The molecule has 0 aromatic rings. The largest absolute Gasteiger partial charge is 0.478 e. The number of thioether (sulfide) groups is 1.